The quantitative estimate of drug-likeness (QED) is 0.733. The molecule has 0 aliphatic carbocycles. The smallest absolute Gasteiger partial charge is 0.133 e. The zero-order valence-corrected chi connectivity index (χ0v) is 13.4. The summed E-state index contributed by atoms with van der Waals surface area (Å²) in [4.78, 5) is 0. The van der Waals surface area contributed by atoms with E-state index >= 15 is 0 Å². The lowest BCUT2D eigenvalue weighted by molar-refractivity contribution is 0.103. The molecule has 0 radical (unpaired) electrons. The van der Waals surface area contributed by atoms with Crippen LogP contribution in [0.5, 0.6) is 5.75 Å². The van der Waals surface area contributed by atoms with Crippen LogP contribution in [0.2, 0.25) is 0 Å². The van der Waals surface area contributed by atoms with E-state index in [0.29, 0.717) is 19.1 Å². The maximum Gasteiger partial charge on any atom is 0.133 e. The number of aliphatic hydroxyl groups excluding tert-OH is 1. The van der Waals surface area contributed by atoms with Crippen LogP contribution < -0.4 is 4.74 Å². The highest BCUT2D eigenvalue weighted by Gasteiger charge is 2.18. The molecule has 108 valence electrons. The van der Waals surface area contributed by atoms with Gasteiger partial charge in [0, 0.05) is 7.11 Å². The number of halogens is 1. The number of ether oxygens (including phenoxy) is 2. The zero-order chi connectivity index (χ0) is 14.3. The molecule has 19 heavy (non-hydrogen) atoms. The van der Waals surface area contributed by atoms with E-state index in [-0.39, 0.29) is 0 Å². The third-order valence-corrected chi connectivity index (χ3v) is 3.96. The average molecular weight is 331 g/mol. The lowest BCUT2D eigenvalue weighted by Crippen LogP contribution is -2.11. The van der Waals surface area contributed by atoms with Crippen LogP contribution in [0, 0.1) is 5.92 Å². The molecule has 3 nitrogen and oxygen atoms in total. The van der Waals surface area contributed by atoms with E-state index in [4.69, 9.17) is 9.47 Å². The zero-order valence-electron chi connectivity index (χ0n) is 11.9. The minimum atomic E-state index is -0.417. The van der Waals surface area contributed by atoms with E-state index in [1.165, 1.54) is 0 Å². The molecule has 4 heteroatoms. The van der Waals surface area contributed by atoms with E-state index in [1.54, 1.807) is 7.11 Å². The summed E-state index contributed by atoms with van der Waals surface area (Å²) in [5.74, 6) is 1.07. The fourth-order valence-corrected chi connectivity index (χ4v) is 2.57. The molecule has 0 spiro atoms. The molecular weight excluding hydrogens is 308 g/mol. The Morgan fingerprint density at radius 1 is 1.21 bits per heavy atom. The SMILES string of the molecule is CCC(CC)C(O)c1ccc(OCCOC)c(Br)c1. The number of hydrogen-bond acceptors (Lipinski definition) is 3. The molecule has 0 aromatic heterocycles. The Hall–Kier alpha value is -0.580. The van der Waals surface area contributed by atoms with E-state index in [0.717, 1.165) is 28.6 Å². The lowest BCUT2D eigenvalue weighted by Gasteiger charge is -2.21. The summed E-state index contributed by atoms with van der Waals surface area (Å²) in [6.45, 7) is 5.29. The van der Waals surface area contributed by atoms with Gasteiger partial charge in [0.25, 0.3) is 0 Å². The van der Waals surface area contributed by atoms with Crippen molar-refractivity contribution in [3.63, 3.8) is 0 Å². The van der Waals surface area contributed by atoms with Gasteiger partial charge in [0.1, 0.15) is 12.4 Å². The maximum atomic E-state index is 10.3. The minimum Gasteiger partial charge on any atom is -0.490 e. The van der Waals surface area contributed by atoms with Gasteiger partial charge < -0.3 is 14.6 Å². The summed E-state index contributed by atoms with van der Waals surface area (Å²) < 4.78 is 11.4. The van der Waals surface area contributed by atoms with Crippen molar-refractivity contribution in [1.29, 1.82) is 0 Å². The molecular formula is C15H23BrO3. The molecule has 0 fully saturated rings. The Balaban J connectivity index is 2.75. The number of rotatable bonds is 8. The molecule has 0 aliphatic heterocycles. The highest BCUT2D eigenvalue weighted by molar-refractivity contribution is 9.10. The maximum absolute atomic E-state index is 10.3. The van der Waals surface area contributed by atoms with Crippen molar-refractivity contribution < 1.29 is 14.6 Å². The summed E-state index contributed by atoms with van der Waals surface area (Å²) in [5, 5.41) is 10.3. The normalized spacial score (nSPS) is 12.7. The Bertz CT molecular complexity index is 378. The van der Waals surface area contributed by atoms with Gasteiger partial charge in [-0.2, -0.15) is 0 Å². The van der Waals surface area contributed by atoms with Crippen LogP contribution in [-0.4, -0.2) is 25.4 Å². The van der Waals surface area contributed by atoms with E-state index in [2.05, 4.69) is 29.8 Å². The van der Waals surface area contributed by atoms with Gasteiger partial charge in [-0.1, -0.05) is 32.8 Å². The van der Waals surface area contributed by atoms with Gasteiger partial charge >= 0.3 is 0 Å². The van der Waals surface area contributed by atoms with Crippen LogP contribution in [-0.2, 0) is 4.74 Å². The van der Waals surface area contributed by atoms with E-state index < -0.39 is 6.10 Å². The van der Waals surface area contributed by atoms with Crippen molar-refractivity contribution in [2.45, 2.75) is 32.8 Å². The summed E-state index contributed by atoms with van der Waals surface area (Å²) in [6.07, 6.45) is 1.53. The summed E-state index contributed by atoms with van der Waals surface area (Å²) in [6, 6.07) is 5.75. The molecule has 1 unspecified atom stereocenters. The number of hydrogen-bond donors (Lipinski definition) is 1. The van der Waals surface area contributed by atoms with Gasteiger partial charge in [0.2, 0.25) is 0 Å². The van der Waals surface area contributed by atoms with Crippen LogP contribution in [0.25, 0.3) is 0 Å². The van der Waals surface area contributed by atoms with Crippen molar-refractivity contribution in [2.75, 3.05) is 20.3 Å². The predicted octanol–water partition coefficient (Wildman–Crippen LogP) is 3.94. The lowest BCUT2D eigenvalue weighted by atomic mass is 9.91. The fourth-order valence-electron chi connectivity index (χ4n) is 2.06. The highest BCUT2D eigenvalue weighted by atomic mass is 79.9. The Morgan fingerprint density at radius 3 is 2.42 bits per heavy atom. The standard InChI is InChI=1S/C15H23BrO3/c1-4-11(5-2)15(17)12-6-7-14(13(16)10-12)19-9-8-18-3/h6-7,10-11,15,17H,4-5,8-9H2,1-3H3. The molecule has 1 rings (SSSR count). The number of aliphatic hydroxyl groups is 1. The molecule has 1 N–H and O–H groups in total. The molecule has 1 aromatic carbocycles. The molecule has 0 saturated heterocycles. The van der Waals surface area contributed by atoms with E-state index in [9.17, 15) is 5.11 Å². The second-order valence-corrected chi connectivity index (χ2v) is 5.41. The summed E-state index contributed by atoms with van der Waals surface area (Å²) in [5.41, 5.74) is 0.930. The molecule has 0 saturated carbocycles. The van der Waals surface area contributed by atoms with Crippen LogP contribution >= 0.6 is 15.9 Å². The molecule has 0 bridgehead atoms. The van der Waals surface area contributed by atoms with Crippen molar-refractivity contribution in [3.05, 3.63) is 28.2 Å². The Morgan fingerprint density at radius 2 is 1.89 bits per heavy atom. The monoisotopic (exact) mass is 330 g/mol. The molecule has 1 atom stereocenters. The average Bonchev–Trinajstić information content (AvgIpc) is 2.42. The van der Waals surface area contributed by atoms with Gasteiger partial charge in [-0.25, -0.2) is 0 Å². The molecule has 1 aromatic rings. The van der Waals surface area contributed by atoms with Crippen molar-refractivity contribution >= 4 is 15.9 Å². The molecule has 0 aliphatic rings. The second kappa shape index (κ2) is 8.56. The van der Waals surface area contributed by atoms with Crippen LogP contribution in [0.15, 0.2) is 22.7 Å². The van der Waals surface area contributed by atoms with Gasteiger partial charge in [-0.3, -0.25) is 0 Å². The van der Waals surface area contributed by atoms with Gasteiger partial charge in [-0.05, 0) is 39.5 Å². The fraction of sp³-hybridized carbons (Fsp3) is 0.600. The Labute approximate surface area is 124 Å². The van der Waals surface area contributed by atoms with Crippen molar-refractivity contribution in [2.24, 2.45) is 5.92 Å². The molecule has 0 amide bonds. The summed E-state index contributed by atoms with van der Waals surface area (Å²) in [7, 11) is 1.65. The third-order valence-electron chi connectivity index (χ3n) is 3.34. The third kappa shape index (κ3) is 4.79. The van der Waals surface area contributed by atoms with Crippen LogP contribution in [0.4, 0.5) is 0 Å². The number of benzene rings is 1. The van der Waals surface area contributed by atoms with Crippen LogP contribution in [0.3, 0.4) is 0 Å². The largest absolute Gasteiger partial charge is 0.490 e. The van der Waals surface area contributed by atoms with Gasteiger partial charge in [0.15, 0.2) is 0 Å². The minimum absolute atomic E-state index is 0.298. The highest BCUT2D eigenvalue weighted by Crippen LogP contribution is 2.32. The van der Waals surface area contributed by atoms with Crippen molar-refractivity contribution in [1.82, 2.24) is 0 Å². The Kier molecular flexibility index (Phi) is 7.42. The first-order valence-electron chi connectivity index (χ1n) is 6.73. The topological polar surface area (TPSA) is 38.7 Å². The first-order chi connectivity index (χ1) is 9.13. The van der Waals surface area contributed by atoms with Crippen LogP contribution in [0.1, 0.15) is 38.4 Å². The second-order valence-electron chi connectivity index (χ2n) is 4.55. The van der Waals surface area contributed by atoms with Gasteiger partial charge in [-0.15, -0.1) is 0 Å². The van der Waals surface area contributed by atoms with Gasteiger partial charge in [0.05, 0.1) is 17.2 Å². The van der Waals surface area contributed by atoms with E-state index in [1.807, 2.05) is 18.2 Å². The first-order valence-corrected chi connectivity index (χ1v) is 7.52. The number of methoxy groups -OCH3 is 1. The first kappa shape index (κ1) is 16.5. The predicted molar refractivity (Wildman–Crippen MR) is 80.5 cm³/mol. The summed E-state index contributed by atoms with van der Waals surface area (Å²) >= 11 is 3.48. The van der Waals surface area contributed by atoms with Crippen molar-refractivity contribution in [3.8, 4) is 5.75 Å². The molecule has 0 heterocycles.